The summed E-state index contributed by atoms with van der Waals surface area (Å²) in [5.74, 6) is 0.778. The molecule has 1 fully saturated rings. The lowest BCUT2D eigenvalue weighted by atomic mass is 9.93. The van der Waals surface area contributed by atoms with Crippen LogP contribution in [0, 0.1) is 12.8 Å². The fourth-order valence-corrected chi connectivity index (χ4v) is 2.83. The third-order valence-corrected chi connectivity index (χ3v) is 4.14. The molecule has 19 heavy (non-hydrogen) atoms. The Morgan fingerprint density at radius 2 is 2.11 bits per heavy atom. The maximum absolute atomic E-state index is 12.5. The Bertz CT molecular complexity index is 453. The van der Waals surface area contributed by atoms with E-state index in [9.17, 15) is 4.79 Å². The molecule has 1 aliphatic heterocycles. The number of aryl methyl sites for hydroxylation is 1. The normalized spacial score (nSPS) is 16.7. The van der Waals surface area contributed by atoms with E-state index in [1.807, 2.05) is 24.0 Å². The average molecular weight is 281 g/mol. The first kappa shape index (κ1) is 14.4. The maximum Gasteiger partial charge on any atom is 0.254 e. The molecule has 0 unspecified atom stereocenters. The molecule has 2 rings (SSSR count). The fraction of sp³-hybridized carbons (Fsp3) is 0.533. The largest absolute Gasteiger partial charge is 0.339 e. The summed E-state index contributed by atoms with van der Waals surface area (Å²) in [6.07, 6.45) is 3.18. The van der Waals surface area contributed by atoms with Crippen molar-refractivity contribution in [3.63, 3.8) is 0 Å². The third-order valence-electron chi connectivity index (χ3n) is 3.91. The molecule has 1 saturated heterocycles. The van der Waals surface area contributed by atoms with Crippen molar-refractivity contribution in [2.45, 2.75) is 26.2 Å². The van der Waals surface area contributed by atoms with Crippen LogP contribution in [0.2, 0.25) is 5.02 Å². The first-order chi connectivity index (χ1) is 9.11. The molecule has 0 radical (unpaired) electrons. The van der Waals surface area contributed by atoms with Crippen molar-refractivity contribution in [2.24, 2.45) is 11.7 Å². The summed E-state index contributed by atoms with van der Waals surface area (Å²) in [6.45, 7) is 4.35. The summed E-state index contributed by atoms with van der Waals surface area (Å²) in [7, 11) is 0. The van der Waals surface area contributed by atoms with Crippen molar-refractivity contribution < 1.29 is 4.79 Å². The number of amides is 1. The Kier molecular flexibility index (Phi) is 4.83. The van der Waals surface area contributed by atoms with Gasteiger partial charge in [0.25, 0.3) is 5.91 Å². The van der Waals surface area contributed by atoms with Gasteiger partial charge in [-0.15, -0.1) is 0 Å². The van der Waals surface area contributed by atoms with Crippen LogP contribution in [-0.2, 0) is 0 Å². The zero-order valence-electron chi connectivity index (χ0n) is 11.4. The summed E-state index contributed by atoms with van der Waals surface area (Å²) >= 11 is 5.98. The lowest BCUT2D eigenvalue weighted by Crippen LogP contribution is -2.39. The van der Waals surface area contributed by atoms with Gasteiger partial charge in [-0.05, 0) is 56.3 Å². The number of rotatable bonds is 3. The lowest BCUT2D eigenvalue weighted by molar-refractivity contribution is 0.0687. The van der Waals surface area contributed by atoms with Gasteiger partial charge >= 0.3 is 0 Å². The van der Waals surface area contributed by atoms with Gasteiger partial charge in [0.05, 0.1) is 0 Å². The van der Waals surface area contributed by atoms with Crippen molar-refractivity contribution in [2.75, 3.05) is 19.6 Å². The lowest BCUT2D eigenvalue weighted by Gasteiger charge is -2.32. The van der Waals surface area contributed by atoms with Gasteiger partial charge in [0.15, 0.2) is 0 Å². The van der Waals surface area contributed by atoms with Crippen LogP contribution in [0.4, 0.5) is 0 Å². The van der Waals surface area contributed by atoms with Crippen LogP contribution < -0.4 is 5.73 Å². The third kappa shape index (κ3) is 3.48. The van der Waals surface area contributed by atoms with E-state index in [2.05, 4.69) is 0 Å². The summed E-state index contributed by atoms with van der Waals surface area (Å²) in [5, 5.41) is 0.618. The molecule has 1 heterocycles. The molecule has 1 aromatic rings. The van der Waals surface area contributed by atoms with Gasteiger partial charge in [-0.1, -0.05) is 17.7 Å². The van der Waals surface area contributed by atoms with Crippen LogP contribution in [0.3, 0.4) is 0 Å². The zero-order valence-corrected chi connectivity index (χ0v) is 12.1. The minimum Gasteiger partial charge on any atom is -0.339 e. The minimum atomic E-state index is 0.103. The highest BCUT2D eigenvalue weighted by Crippen LogP contribution is 2.23. The van der Waals surface area contributed by atoms with Gasteiger partial charge in [0, 0.05) is 23.7 Å². The number of nitrogens with two attached hydrogens (primary N) is 1. The van der Waals surface area contributed by atoms with Crippen LogP contribution >= 0.6 is 11.6 Å². The highest BCUT2D eigenvalue weighted by Gasteiger charge is 2.24. The van der Waals surface area contributed by atoms with E-state index in [0.717, 1.165) is 50.0 Å². The van der Waals surface area contributed by atoms with E-state index in [0.29, 0.717) is 10.9 Å². The van der Waals surface area contributed by atoms with Crippen molar-refractivity contribution in [1.29, 1.82) is 0 Å². The molecule has 1 amide bonds. The van der Waals surface area contributed by atoms with E-state index in [4.69, 9.17) is 17.3 Å². The Morgan fingerprint density at radius 3 is 2.74 bits per heavy atom. The molecule has 0 bridgehead atoms. The van der Waals surface area contributed by atoms with Crippen LogP contribution in [0.25, 0.3) is 0 Å². The van der Waals surface area contributed by atoms with Gasteiger partial charge in [-0.3, -0.25) is 4.79 Å². The molecular formula is C15H21ClN2O. The van der Waals surface area contributed by atoms with Crippen molar-refractivity contribution >= 4 is 17.5 Å². The van der Waals surface area contributed by atoms with Gasteiger partial charge in [-0.2, -0.15) is 0 Å². The number of benzene rings is 1. The maximum atomic E-state index is 12.5. The van der Waals surface area contributed by atoms with Crippen LogP contribution in [-0.4, -0.2) is 30.4 Å². The first-order valence-corrected chi connectivity index (χ1v) is 7.25. The SMILES string of the molecule is Cc1ccc(Cl)cc1C(=O)N1CCC(CCN)CC1. The molecule has 1 aromatic carbocycles. The zero-order chi connectivity index (χ0) is 13.8. The minimum absolute atomic E-state index is 0.103. The van der Waals surface area contributed by atoms with E-state index < -0.39 is 0 Å². The Morgan fingerprint density at radius 1 is 1.42 bits per heavy atom. The number of carbonyl (C=O) groups is 1. The summed E-state index contributed by atoms with van der Waals surface area (Å²) in [6, 6.07) is 5.49. The number of hydrogen-bond acceptors (Lipinski definition) is 2. The molecule has 3 nitrogen and oxygen atoms in total. The molecule has 104 valence electrons. The summed E-state index contributed by atoms with van der Waals surface area (Å²) < 4.78 is 0. The summed E-state index contributed by atoms with van der Waals surface area (Å²) in [4.78, 5) is 14.4. The topological polar surface area (TPSA) is 46.3 Å². The van der Waals surface area contributed by atoms with E-state index in [1.165, 1.54) is 0 Å². The molecule has 4 heteroatoms. The second kappa shape index (κ2) is 6.40. The van der Waals surface area contributed by atoms with Gasteiger partial charge in [0.2, 0.25) is 0 Å². The molecule has 0 atom stereocenters. The highest BCUT2D eigenvalue weighted by molar-refractivity contribution is 6.31. The van der Waals surface area contributed by atoms with Gasteiger partial charge in [0.1, 0.15) is 0 Å². The second-order valence-corrected chi connectivity index (χ2v) is 5.71. The Hall–Kier alpha value is -1.06. The van der Waals surface area contributed by atoms with Crippen LogP contribution in [0.15, 0.2) is 18.2 Å². The number of hydrogen-bond donors (Lipinski definition) is 1. The van der Waals surface area contributed by atoms with E-state index in [-0.39, 0.29) is 5.91 Å². The second-order valence-electron chi connectivity index (χ2n) is 5.27. The van der Waals surface area contributed by atoms with E-state index >= 15 is 0 Å². The number of carbonyl (C=O) groups excluding carboxylic acids is 1. The van der Waals surface area contributed by atoms with Gasteiger partial charge < -0.3 is 10.6 Å². The quantitative estimate of drug-likeness (QED) is 0.925. The smallest absolute Gasteiger partial charge is 0.254 e. The average Bonchev–Trinajstić information content (AvgIpc) is 2.42. The highest BCUT2D eigenvalue weighted by atomic mass is 35.5. The number of nitrogens with zero attached hydrogens (tertiary/aromatic N) is 1. The predicted octanol–water partition coefficient (Wildman–Crippen LogP) is 2.85. The first-order valence-electron chi connectivity index (χ1n) is 6.87. The Labute approximate surface area is 119 Å². The molecule has 0 aromatic heterocycles. The van der Waals surface area contributed by atoms with Crippen LogP contribution in [0.1, 0.15) is 35.2 Å². The monoisotopic (exact) mass is 280 g/mol. The molecule has 0 aliphatic carbocycles. The van der Waals surface area contributed by atoms with Crippen molar-refractivity contribution in [1.82, 2.24) is 4.90 Å². The van der Waals surface area contributed by atoms with Gasteiger partial charge in [-0.25, -0.2) is 0 Å². The standard InChI is InChI=1S/C15H21ClN2O/c1-11-2-3-13(16)10-14(11)15(19)18-8-5-12(4-7-17)6-9-18/h2-3,10,12H,4-9,17H2,1H3. The van der Waals surface area contributed by atoms with Crippen molar-refractivity contribution in [3.05, 3.63) is 34.3 Å². The van der Waals surface area contributed by atoms with Crippen molar-refractivity contribution in [3.8, 4) is 0 Å². The molecule has 0 spiro atoms. The van der Waals surface area contributed by atoms with Crippen LogP contribution in [0.5, 0.6) is 0 Å². The Balaban J connectivity index is 2.03. The predicted molar refractivity (Wildman–Crippen MR) is 78.5 cm³/mol. The number of halogens is 1. The molecule has 1 aliphatic rings. The summed E-state index contributed by atoms with van der Waals surface area (Å²) in [5.41, 5.74) is 7.30. The molecular weight excluding hydrogens is 260 g/mol. The fourth-order valence-electron chi connectivity index (χ4n) is 2.66. The number of piperidine rings is 1. The number of likely N-dealkylation sites (tertiary alicyclic amines) is 1. The van der Waals surface area contributed by atoms with E-state index in [1.54, 1.807) is 6.07 Å². The molecule has 0 saturated carbocycles. The molecule has 2 N–H and O–H groups in total.